The Balaban J connectivity index is 1.48. The fraction of sp³-hybridized carbons (Fsp3) is 0.464. The van der Waals surface area contributed by atoms with Crippen LogP contribution >= 0.6 is 0 Å². The highest BCUT2D eigenvalue weighted by atomic mass is 16.6. The molecule has 1 amide bonds. The molecule has 1 saturated heterocycles. The van der Waals surface area contributed by atoms with Crippen LogP contribution in [-0.4, -0.2) is 55.2 Å². The lowest BCUT2D eigenvalue weighted by Gasteiger charge is -2.37. The number of benzene rings is 2. The number of amides is 1. The van der Waals surface area contributed by atoms with Crippen LogP contribution in [0, 0.1) is 0 Å². The molecule has 5 heteroatoms. The lowest BCUT2D eigenvalue weighted by molar-refractivity contribution is 0.0799. The number of hydrogen-bond acceptors (Lipinski definition) is 4. The van der Waals surface area contributed by atoms with Crippen LogP contribution in [-0.2, 0) is 17.8 Å². The lowest BCUT2D eigenvalue weighted by Crippen LogP contribution is -2.46. The van der Waals surface area contributed by atoms with E-state index in [1.165, 1.54) is 22.4 Å². The van der Waals surface area contributed by atoms with Crippen LogP contribution < -0.4 is 4.90 Å². The summed E-state index contributed by atoms with van der Waals surface area (Å²) in [7, 11) is 0. The van der Waals surface area contributed by atoms with Crippen LogP contribution in [0.5, 0.6) is 0 Å². The highest BCUT2D eigenvalue weighted by Crippen LogP contribution is 2.35. The topological polar surface area (TPSA) is 36.0 Å². The number of ether oxygens (including phenoxy) is 1. The predicted octanol–water partition coefficient (Wildman–Crippen LogP) is 5.42. The summed E-state index contributed by atoms with van der Waals surface area (Å²) < 4.78 is 5.72. The fourth-order valence-electron chi connectivity index (χ4n) is 5.09. The number of anilines is 1. The molecule has 0 spiro atoms. The number of piperazine rings is 1. The van der Waals surface area contributed by atoms with Gasteiger partial charge in [-0.15, -0.1) is 0 Å². The van der Waals surface area contributed by atoms with Crippen molar-refractivity contribution >= 4 is 11.8 Å². The van der Waals surface area contributed by atoms with Gasteiger partial charge >= 0.3 is 6.09 Å². The van der Waals surface area contributed by atoms with E-state index in [0.717, 1.165) is 64.1 Å². The van der Waals surface area contributed by atoms with Gasteiger partial charge in [-0.2, -0.15) is 0 Å². The van der Waals surface area contributed by atoms with Crippen molar-refractivity contribution in [2.45, 2.75) is 45.8 Å². The highest BCUT2D eigenvalue weighted by molar-refractivity contribution is 5.69. The number of carbonyl (C=O) groups excluding carboxylic acids is 1. The Morgan fingerprint density at radius 1 is 1.06 bits per heavy atom. The number of hydrogen-bond donors (Lipinski definition) is 0. The van der Waals surface area contributed by atoms with Crippen LogP contribution in [0.3, 0.4) is 0 Å². The van der Waals surface area contributed by atoms with Crippen LogP contribution in [0.4, 0.5) is 10.5 Å². The molecule has 0 N–H and O–H groups in total. The van der Waals surface area contributed by atoms with Crippen LogP contribution in [0.25, 0.3) is 0 Å². The maximum atomic E-state index is 13.1. The van der Waals surface area contributed by atoms with Gasteiger partial charge in [0.2, 0.25) is 0 Å². The van der Waals surface area contributed by atoms with E-state index in [4.69, 9.17) is 4.74 Å². The molecule has 1 fully saturated rings. The third-order valence-electron chi connectivity index (χ3n) is 6.77. The van der Waals surface area contributed by atoms with Crippen molar-refractivity contribution in [1.82, 2.24) is 9.80 Å². The van der Waals surface area contributed by atoms with Crippen molar-refractivity contribution in [1.29, 1.82) is 0 Å². The SMILES string of the molecule is C=C(C)CN1CCN(c2ccc3c(c2)[C@H](CC)N(C(=O)OCc2ccccc2)CCC3)CC1. The Labute approximate surface area is 198 Å². The van der Waals surface area contributed by atoms with Crippen molar-refractivity contribution in [3.63, 3.8) is 0 Å². The van der Waals surface area contributed by atoms with Crippen molar-refractivity contribution in [3.05, 3.63) is 77.4 Å². The van der Waals surface area contributed by atoms with Crippen LogP contribution in [0.2, 0.25) is 0 Å². The molecule has 0 aliphatic carbocycles. The van der Waals surface area contributed by atoms with Gasteiger partial charge in [0.1, 0.15) is 6.61 Å². The van der Waals surface area contributed by atoms with Crippen LogP contribution in [0.15, 0.2) is 60.7 Å². The molecule has 0 aromatic heterocycles. The molecule has 0 unspecified atom stereocenters. The number of rotatable bonds is 6. The molecule has 2 aliphatic rings. The standard InChI is InChI=1S/C28H37N3O2/c1-4-27-26-19-25(30-17-15-29(16-18-30)20-22(2)3)13-12-24(26)11-8-14-31(27)28(32)33-21-23-9-6-5-7-10-23/h5-7,9-10,12-13,19,27H,2,4,8,11,14-18,20-21H2,1,3H3/t27-/m0/s1. The summed E-state index contributed by atoms with van der Waals surface area (Å²) in [5, 5.41) is 0. The summed E-state index contributed by atoms with van der Waals surface area (Å²) >= 11 is 0. The molecule has 0 bridgehead atoms. The summed E-state index contributed by atoms with van der Waals surface area (Å²) in [6, 6.07) is 16.8. The average Bonchev–Trinajstić information content (AvgIpc) is 3.02. The Hall–Kier alpha value is -2.79. The fourth-order valence-corrected chi connectivity index (χ4v) is 5.09. The Morgan fingerprint density at radius 2 is 1.82 bits per heavy atom. The molecule has 2 aliphatic heterocycles. The minimum Gasteiger partial charge on any atom is -0.445 e. The Morgan fingerprint density at radius 3 is 2.52 bits per heavy atom. The first-order chi connectivity index (χ1) is 16.0. The zero-order chi connectivity index (χ0) is 23.2. The van der Waals surface area contributed by atoms with Crippen molar-refractivity contribution in [2.75, 3.05) is 44.2 Å². The smallest absolute Gasteiger partial charge is 0.410 e. The van der Waals surface area contributed by atoms with Gasteiger partial charge in [-0.1, -0.05) is 55.5 Å². The van der Waals surface area contributed by atoms with Crippen molar-refractivity contribution < 1.29 is 9.53 Å². The highest BCUT2D eigenvalue weighted by Gasteiger charge is 2.30. The third kappa shape index (κ3) is 5.77. The number of fused-ring (bicyclic) bond motifs is 1. The van der Waals surface area contributed by atoms with E-state index >= 15 is 0 Å². The molecular formula is C28H37N3O2. The van der Waals surface area contributed by atoms with Gasteiger partial charge in [-0.3, -0.25) is 4.90 Å². The Kier molecular flexibility index (Phi) is 7.71. The molecule has 1 atom stereocenters. The van der Waals surface area contributed by atoms with E-state index in [0.29, 0.717) is 6.61 Å². The van der Waals surface area contributed by atoms with E-state index in [1.54, 1.807) is 0 Å². The van der Waals surface area contributed by atoms with Gasteiger partial charge in [0.15, 0.2) is 0 Å². The van der Waals surface area contributed by atoms with E-state index in [-0.39, 0.29) is 12.1 Å². The molecule has 0 radical (unpaired) electrons. The first-order valence-electron chi connectivity index (χ1n) is 12.3. The summed E-state index contributed by atoms with van der Waals surface area (Å²) in [6.45, 7) is 14.5. The van der Waals surface area contributed by atoms with Gasteiger partial charge in [0, 0.05) is 45.0 Å². The quantitative estimate of drug-likeness (QED) is 0.554. The molecule has 5 nitrogen and oxygen atoms in total. The average molecular weight is 448 g/mol. The molecule has 176 valence electrons. The summed E-state index contributed by atoms with van der Waals surface area (Å²) in [5.74, 6) is 0. The molecule has 2 heterocycles. The maximum absolute atomic E-state index is 13.1. The molecule has 33 heavy (non-hydrogen) atoms. The number of carbonyl (C=O) groups is 1. The minimum atomic E-state index is -0.211. The van der Waals surface area contributed by atoms with E-state index in [1.807, 2.05) is 35.2 Å². The molecule has 2 aromatic carbocycles. The zero-order valence-corrected chi connectivity index (χ0v) is 20.1. The number of aryl methyl sites for hydroxylation is 1. The second kappa shape index (κ2) is 10.9. The first-order valence-corrected chi connectivity index (χ1v) is 12.3. The van der Waals surface area contributed by atoms with Crippen molar-refractivity contribution in [3.8, 4) is 0 Å². The van der Waals surface area contributed by atoms with Crippen LogP contribution in [0.1, 0.15) is 49.4 Å². The zero-order valence-electron chi connectivity index (χ0n) is 20.1. The van der Waals surface area contributed by atoms with Gasteiger partial charge in [-0.25, -0.2) is 4.79 Å². The van der Waals surface area contributed by atoms with Gasteiger partial charge in [0.25, 0.3) is 0 Å². The number of nitrogens with zero attached hydrogens (tertiary/aromatic N) is 3. The summed E-state index contributed by atoms with van der Waals surface area (Å²) in [4.78, 5) is 20.0. The van der Waals surface area contributed by atoms with E-state index < -0.39 is 0 Å². The molecule has 4 rings (SSSR count). The monoisotopic (exact) mass is 447 g/mol. The lowest BCUT2D eigenvalue weighted by atomic mass is 9.95. The minimum absolute atomic E-state index is 0.0513. The van der Waals surface area contributed by atoms with Gasteiger partial charge in [-0.05, 0) is 55.0 Å². The predicted molar refractivity (Wildman–Crippen MR) is 135 cm³/mol. The second-order valence-electron chi connectivity index (χ2n) is 9.36. The summed E-state index contributed by atoms with van der Waals surface area (Å²) in [5.41, 5.74) is 6.15. The van der Waals surface area contributed by atoms with Gasteiger partial charge in [0.05, 0.1) is 6.04 Å². The van der Waals surface area contributed by atoms with Crippen molar-refractivity contribution in [2.24, 2.45) is 0 Å². The molecule has 2 aromatic rings. The normalized spacial score (nSPS) is 19.0. The third-order valence-corrected chi connectivity index (χ3v) is 6.77. The van der Waals surface area contributed by atoms with E-state index in [2.05, 4.69) is 48.4 Å². The largest absolute Gasteiger partial charge is 0.445 e. The summed E-state index contributed by atoms with van der Waals surface area (Å²) in [6.07, 6.45) is 2.63. The Bertz CT molecular complexity index is 951. The first kappa shape index (κ1) is 23.4. The van der Waals surface area contributed by atoms with E-state index in [9.17, 15) is 4.79 Å². The molecular weight excluding hydrogens is 410 g/mol. The van der Waals surface area contributed by atoms with Gasteiger partial charge < -0.3 is 14.5 Å². The maximum Gasteiger partial charge on any atom is 0.410 e. The second-order valence-corrected chi connectivity index (χ2v) is 9.36. The molecule has 0 saturated carbocycles.